The number of rotatable bonds is 2. The molecule has 1 N–H and O–H groups in total. The highest BCUT2D eigenvalue weighted by molar-refractivity contribution is 5.85. The Labute approximate surface area is 139 Å². The number of aromatic nitrogens is 2. The van der Waals surface area contributed by atoms with E-state index in [1.165, 1.54) is 0 Å². The van der Waals surface area contributed by atoms with Crippen LogP contribution in [0.3, 0.4) is 0 Å². The van der Waals surface area contributed by atoms with Crippen LogP contribution < -0.4 is 4.74 Å². The highest BCUT2D eigenvalue weighted by Crippen LogP contribution is 2.38. The summed E-state index contributed by atoms with van der Waals surface area (Å²) in [6.07, 6.45) is 0.364. The van der Waals surface area contributed by atoms with Crippen molar-refractivity contribution >= 4 is 16.6 Å². The summed E-state index contributed by atoms with van der Waals surface area (Å²) in [4.78, 5) is 4.56. The van der Waals surface area contributed by atoms with Crippen LogP contribution in [-0.4, -0.2) is 21.8 Å². The lowest BCUT2D eigenvalue weighted by Gasteiger charge is -2.26. The van der Waals surface area contributed by atoms with Crippen molar-refractivity contribution in [3.8, 4) is 11.8 Å². The molecule has 1 aliphatic heterocycles. The van der Waals surface area contributed by atoms with Crippen LogP contribution >= 0.6 is 0 Å². The minimum absolute atomic E-state index is 0.0844. The monoisotopic (exact) mass is 317 g/mol. The van der Waals surface area contributed by atoms with Crippen LogP contribution in [0.1, 0.15) is 23.9 Å². The predicted molar refractivity (Wildman–Crippen MR) is 90.6 cm³/mol. The van der Waals surface area contributed by atoms with Gasteiger partial charge < -0.3 is 14.4 Å². The third kappa shape index (κ3) is 2.04. The lowest BCUT2D eigenvalue weighted by atomic mass is 9.96. The van der Waals surface area contributed by atoms with Crippen LogP contribution in [0, 0.1) is 11.3 Å². The number of fused-ring (bicyclic) bond motifs is 3. The summed E-state index contributed by atoms with van der Waals surface area (Å²) in [6.45, 7) is 0. The molecule has 1 aromatic heterocycles. The number of ether oxygens (including phenoxy) is 1. The number of nitrogens with zero attached hydrogens (tertiary/aromatic N) is 3. The highest BCUT2D eigenvalue weighted by atomic mass is 16.5. The van der Waals surface area contributed by atoms with E-state index in [0.717, 1.165) is 22.3 Å². The van der Waals surface area contributed by atoms with Crippen molar-refractivity contribution in [2.24, 2.45) is 0 Å². The summed E-state index contributed by atoms with van der Waals surface area (Å²) in [5, 5.41) is 19.8. The smallest absolute Gasteiger partial charge is 0.155 e. The first kappa shape index (κ1) is 14.3. The third-order valence-electron chi connectivity index (χ3n) is 4.42. The topological polar surface area (TPSA) is 71.1 Å². The van der Waals surface area contributed by atoms with Crippen molar-refractivity contribution in [3.05, 3.63) is 65.7 Å². The average Bonchev–Trinajstić information content (AvgIpc) is 3.00. The molecule has 0 saturated carbocycles. The molecule has 1 aliphatic rings. The number of allylic oxidation sites excluding steroid dienone is 2. The number of methoxy groups -OCH3 is 1. The largest absolute Gasteiger partial charge is 0.511 e. The molecule has 0 unspecified atom stereocenters. The van der Waals surface area contributed by atoms with Gasteiger partial charge in [0.25, 0.3) is 0 Å². The average molecular weight is 317 g/mol. The lowest BCUT2D eigenvalue weighted by Crippen LogP contribution is -2.19. The van der Waals surface area contributed by atoms with Gasteiger partial charge in [0.15, 0.2) is 5.82 Å². The Kier molecular flexibility index (Phi) is 3.24. The van der Waals surface area contributed by atoms with Gasteiger partial charge in [-0.1, -0.05) is 24.3 Å². The summed E-state index contributed by atoms with van der Waals surface area (Å²) in [6, 6.07) is 17.5. The van der Waals surface area contributed by atoms with Crippen molar-refractivity contribution in [2.45, 2.75) is 12.5 Å². The SMILES string of the molecule is COc1ccc([C@H]2CC(O)=C(C#N)c3nc4ccccc4n32)cc1. The Morgan fingerprint density at radius 3 is 2.67 bits per heavy atom. The van der Waals surface area contributed by atoms with Crippen LogP contribution in [0.15, 0.2) is 54.3 Å². The fraction of sp³-hybridized carbons (Fsp3) is 0.158. The molecule has 0 radical (unpaired) electrons. The van der Waals surface area contributed by atoms with Gasteiger partial charge in [0.1, 0.15) is 23.2 Å². The zero-order chi connectivity index (χ0) is 16.7. The van der Waals surface area contributed by atoms with Gasteiger partial charge in [-0.05, 0) is 29.8 Å². The Morgan fingerprint density at radius 1 is 1.21 bits per heavy atom. The molecule has 0 spiro atoms. The van der Waals surface area contributed by atoms with Crippen LogP contribution in [0.25, 0.3) is 16.6 Å². The molecule has 4 rings (SSSR count). The summed E-state index contributed by atoms with van der Waals surface area (Å²) >= 11 is 0. The second kappa shape index (κ2) is 5.43. The number of aliphatic hydroxyl groups excluding tert-OH is 1. The molecule has 2 aromatic carbocycles. The van der Waals surface area contributed by atoms with Crippen LogP contribution in [0.4, 0.5) is 0 Å². The third-order valence-corrected chi connectivity index (χ3v) is 4.42. The van der Waals surface area contributed by atoms with E-state index < -0.39 is 0 Å². The first-order chi connectivity index (χ1) is 11.7. The predicted octanol–water partition coefficient (Wildman–Crippen LogP) is 3.83. The molecule has 3 aromatic rings. The number of imidazole rings is 1. The van der Waals surface area contributed by atoms with Crippen molar-refractivity contribution in [1.29, 1.82) is 5.26 Å². The Balaban J connectivity index is 1.95. The van der Waals surface area contributed by atoms with Crippen molar-refractivity contribution in [2.75, 3.05) is 7.11 Å². The van der Waals surface area contributed by atoms with Crippen molar-refractivity contribution in [1.82, 2.24) is 9.55 Å². The second-order valence-corrected chi connectivity index (χ2v) is 5.72. The first-order valence-corrected chi connectivity index (χ1v) is 7.66. The molecule has 0 aliphatic carbocycles. The van der Waals surface area contributed by atoms with Crippen LogP contribution in [0.2, 0.25) is 0 Å². The summed E-state index contributed by atoms with van der Waals surface area (Å²) < 4.78 is 7.25. The van der Waals surface area contributed by atoms with E-state index >= 15 is 0 Å². The molecule has 24 heavy (non-hydrogen) atoms. The molecule has 5 heteroatoms. The number of para-hydroxylation sites is 2. The minimum atomic E-state index is -0.115. The van der Waals surface area contributed by atoms with Crippen molar-refractivity contribution in [3.63, 3.8) is 0 Å². The van der Waals surface area contributed by atoms with Gasteiger partial charge in [-0.25, -0.2) is 4.98 Å². The van der Waals surface area contributed by atoms with E-state index in [0.29, 0.717) is 12.2 Å². The van der Waals surface area contributed by atoms with E-state index in [9.17, 15) is 10.4 Å². The van der Waals surface area contributed by atoms with Gasteiger partial charge in [-0.15, -0.1) is 0 Å². The standard InChI is InChI=1S/C19H15N3O2/c1-24-13-8-6-12(7-9-13)17-10-18(23)14(11-20)19-21-15-4-2-3-5-16(15)22(17)19/h2-9,17,23H,10H2,1H3/t17-/m1/s1. The zero-order valence-electron chi connectivity index (χ0n) is 13.1. The fourth-order valence-corrected chi connectivity index (χ4v) is 3.25. The summed E-state index contributed by atoms with van der Waals surface area (Å²) in [5.41, 5.74) is 3.04. The molecule has 118 valence electrons. The highest BCUT2D eigenvalue weighted by Gasteiger charge is 2.30. The van der Waals surface area contributed by atoms with Gasteiger partial charge in [0.05, 0.1) is 24.2 Å². The number of nitriles is 1. The number of hydrogen-bond acceptors (Lipinski definition) is 4. The van der Waals surface area contributed by atoms with E-state index in [1.807, 2.05) is 53.1 Å². The lowest BCUT2D eigenvalue weighted by molar-refractivity contribution is 0.358. The zero-order valence-corrected chi connectivity index (χ0v) is 13.1. The van der Waals surface area contributed by atoms with Crippen molar-refractivity contribution < 1.29 is 9.84 Å². The molecule has 5 nitrogen and oxygen atoms in total. The minimum Gasteiger partial charge on any atom is -0.511 e. The molecule has 0 saturated heterocycles. The molecule has 0 amide bonds. The quantitative estimate of drug-likeness (QED) is 0.779. The van der Waals surface area contributed by atoms with Gasteiger partial charge in [-0.3, -0.25) is 0 Å². The summed E-state index contributed by atoms with van der Waals surface area (Å²) in [5.74, 6) is 1.38. The molecular formula is C19H15N3O2. The van der Waals surface area contributed by atoms with Gasteiger partial charge in [-0.2, -0.15) is 5.26 Å². The maximum atomic E-state index is 10.4. The van der Waals surface area contributed by atoms with Gasteiger partial charge in [0.2, 0.25) is 0 Å². The maximum absolute atomic E-state index is 10.4. The van der Waals surface area contributed by atoms with E-state index in [4.69, 9.17) is 4.74 Å². The Hall–Kier alpha value is -3.26. The molecule has 0 bridgehead atoms. The van der Waals surface area contributed by atoms with E-state index in [-0.39, 0.29) is 17.4 Å². The number of hydrogen-bond donors (Lipinski definition) is 1. The molecule has 1 atom stereocenters. The fourth-order valence-electron chi connectivity index (χ4n) is 3.25. The normalized spacial score (nSPS) is 16.8. The number of benzene rings is 2. The molecular weight excluding hydrogens is 302 g/mol. The van der Waals surface area contributed by atoms with E-state index in [2.05, 4.69) is 11.1 Å². The van der Waals surface area contributed by atoms with Gasteiger partial charge in [0, 0.05) is 6.42 Å². The number of aliphatic hydroxyl groups is 1. The van der Waals surface area contributed by atoms with Crippen LogP contribution in [0.5, 0.6) is 5.75 Å². The summed E-state index contributed by atoms with van der Waals surface area (Å²) in [7, 11) is 1.63. The van der Waals surface area contributed by atoms with E-state index in [1.54, 1.807) is 7.11 Å². The molecule has 2 heterocycles. The maximum Gasteiger partial charge on any atom is 0.155 e. The Morgan fingerprint density at radius 2 is 1.96 bits per heavy atom. The first-order valence-electron chi connectivity index (χ1n) is 7.66. The molecule has 0 fully saturated rings. The van der Waals surface area contributed by atoms with Crippen LogP contribution in [-0.2, 0) is 0 Å². The Bertz CT molecular complexity index is 994. The van der Waals surface area contributed by atoms with Gasteiger partial charge >= 0.3 is 0 Å². The second-order valence-electron chi connectivity index (χ2n) is 5.72.